The Balaban J connectivity index is 2.27. The van der Waals surface area contributed by atoms with Gasteiger partial charge in [0.2, 0.25) is 0 Å². The zero-order chi connectivity index (χ0) is 9.42. The number of fused-ring (bicyclic) bond motifs is 1. The van der Waals surface area contributed by atoms with Crippen LogP contribution in [-0.2, 0) is 11.3 Å². The molecule has 0 saturated heterocycles. The van der Waals surface area contributed by atoms with Gasteiger partial charge in [0.1, 0.15) is 11.9 Å². The Morgan fingerprint density at radius 2 is 2.62 bits per heavy atom. The van der Waals surface area contributed by atoms with Crippen molar-refractivity contribution in [1.29, 1.82) is 0 Å². The first kappa shape index (κ1) is 8.55. The molecule has 0 fully saturated rings. The molecule has 0 spiro atoms. The van der Waals surface area contributed by atoms with Gasteiger partial charge >= 0.3 is 5.97 Å². The van der Waals surface area contributed by atoms with Gasteiger partial charge < -0.3 is 10.4 Å². The van der Waals surface area contributed by atoms with E-state index in [9.17, 15) is 4.79 Å². The molecule has 2 heterocycles. The number of aliphatic carboxylic acids is 1. The molecule has 2 N–H and O–H groups in total. The van der Waals surface area contributed by atoms with Gasteiger partial charge in [0.05, 0.1) is 10.7 Å². The lowest BCUT2D eigenvalue weighted by atomic mass is 10.2. The molecular formula is C7H8BrN3O2. The van der Waals surface area contributed by atoms with Crippen molar-refractivity contribution in [2.24, 2.45) is 0 Å². The van der Waals surface area contributed by atoms with Crippen LogP contribution < -0.4 is 5.32 Å². The molecule has 0 radical (unpaired) electrons. The highest BCUT2D eigenvalue weighted by Gasteiger charge is 2.25. The normalized spacial score (nSPS) is 20.5. The number of aromatic nitrogens is 2. The Kier molecular flexibility index (Phi) is 1.99. The van der Waals surface area contributed by atoms with Crippen molar-refractivity contribution >= 4 is 27.7 Å². The highest BCUT2D eigenvalue weighted by Crippen LogP contribution is 2.26. The van der Waals surface area contributed by atoms with Gasteiger partial charge in [0, 0.05) is 6.54 Å². The lowest BCUT2D eigenvalue weighted by Gasteiger charge is -2.22. The topological polar surface area (TPSA) is 67.1 Å². The second-order valence-electron chi connectivity index (χ2n) is 2.89. The zero-order valence-electron chi connectivity index (χ0n) is 6.70. The predicted molar refractivity (Wildman–Crippen MR) is 49.6 cm³/mol. The lowest BCUT2D eigenvalue weighted by Crippen LogP contribution is -2.35. The van der Waals surface area contributed by atoms with E-state index >= 15 is 0 Å². The van der Waals surface area contributed by atoms with Crippen LogP contribution in [0.5, 0.6) is 0 Å². The van der Waals surface area contributed by atoms with Gasteiger partial charge in [-0.15, -0.1) is 0 Å². The SMILES string of the molecule is O=C(O)C1CCn2ncc(Br)c2N1. The molecule has 1 atom stereocenters. The van der Waals surface area contributed by atoms with E-state index in [1.54, 1.807) is 10.9 Å². The summed E-state index contributed by atoms with van der Waals surface area (Å²) in [6, 6.07) is -0.500. The smallest absolute Gasteiger partial charge is 0.326 e. The Morgan fingerprint density at radius 3 is 3.31 bits per heavy atom. The van der Waals surface area contributed by atoms with E-state index < -0.39 is 12.0 Å². The summed E-state index contributed by atoms with van der Waals surface area (Å²) < 4.78 is 2.56. The Bertz CT molecular complexity index is 350. The Morgan fingerprint density at radius 1 is 1.85 bits per heavy atom. The summed E-state index contributed by atoms with van der Waals surface area (Å²) in [5.74, 6) is -0.0713. The largest absolute Gasteiger partial charge is 0.480 e. The van der Waals surface area contributed by atoms with Crippen molar-refractivity contribution in [2.45, 2.75) is 19.0 Å². The van der Waals surface area contributed by atoms with E-state index in [0.29, 0.717) is 13.0 Å². The molecular weight excluding hydrogens is 238 g/mol. The van der Waals surface area contributed by atoms with E-state index in [4.69, 9.17) is 5.11 Å². The first-order chi connectivity index (χ1) is 6.18. The molecule has 0 aliphatic carbocycles. The summed E-state index contributed by atoms with van der Waals surface area (Å²) in [5.41, 5.74) is 0. The molecule has 1 unspecified atom stereocenters. The molecule has 1 aliphatic heterocycles. The average Bonchev–Trinajstić information content (AvgIpc) is 2.47. The summed E-state index contributed by atoms with van der Waals surface area (Å²) in [7, 11) is 0. The van der Waals surface area contributed by atoms with E-state index in [-0.39, 0.29) is 0 Å². The minimum absolute atomic E-state index is 0.500. The first-order valence-electron chi connectivity index (χ1n) is 3.89. The van der Waals surface area contributed by atoms with Crippen LogP contribution in [0.4, 0.5) is 5.82 Å². The van der Waals surface area contributed by atoms with Gasteiger partial charge in [0.15, 0.2) is 0 Å². The third kappa shape index (κ3) is 1.41. The maximum absolute atomic E-state index is 10.7. The molecule has 0 amide bonds. The fourth-order valence-electron chi connectivity index (χ4n) is 1.35. The molecule has 2 rings (SSSR count). The van der Waals surface area contributed by atoms with E-state index in [1.807, 2.05) is 0 Å². The highest BCUT2D eigenvalue weighted by atomic mass is 79.9. The predicted octanol–water partition coefficient (Wildman–Crippen LogP) is 0.914. The molecule has 1 aromatic rings. The van der Waals surface area contributed by atoms with Crippen molar-refractivity contribution in [3.63, 3.8) is 0 Å². The molecule has 0 saturated carbocycles. The third-order valence-corrected chi connectivity index (χ3v) is 2.61. The monoisotopic (exact) mass is 245 g/mol. The van der Waals surface area contributed by atoms with Crippen molar-refractivity contribution in [3.05, 3.63) is 10.7 Å². The lowest BCUT2D eigenvalue weighted by molar-refractivity contribution is -0.138. The van der Waals surface area contributed by atoms with Gasteiger partial charge in [-0.3, -0.25) is 0 Å². The van der Waals surface area contributed by atoms with Gasteiger partial charge in [-0.05, 0) is 22.4 Å². The van der Waals surface area contributed by atoms with Gasteiger partial charge in [-0.1, -0.05) is 0 Å². The summed E-state index contributed by atoms with van der Waals surface area (Å²) in [6.45, 7) is 0.644. The van der Waals surface area contributed by atoms with Crippen LogP contribution in [0.25, 0.3) is 0 Å². The Labute approximate surface area is 82.9 Å². The second kappa shape index (κ2) is 3.02. The number of nitrogens with one attached hydrogen (secondary N) is 1. The number of carbonyl (C=O) groups is 1. The van der Waals surface area contributed by atoms with E-state index in [0.717, 1.165) is 10.3 Å². The number of nitrogens with zero attached hydrogens (tertiary/aromatic N) is 2. The maximum atomic E-state index is 10.7. The van der Waals surface area contributed by atoms with Crippen molar-refractivity contribution in [3.8, 4) is 0 Å². The number of halogens is 1. The minimum atomic E-state index is -0.820. The van der Waals surface area contributed by atoms with Gasteiger partial charge in [-0.2, -0.15) is 5.10 Å². The molecule has 6 heteroatoms. The van der Waals surface area contributed by atoms with E-state index in [1.165, 1.54) is 0 Å². The summed E-state index contributed by atoms with van der Waals surface area (Å²) >= 11 is 3.29. The van der Waals surface area contributed by atoms with E-state index in [2.05, 4.69) is 26.3 Å². The average molecular weight is 246 g/mol. The number of carboxylic acids is 1. The fraction of sp³-hybridized carbons (Fsp3) is 0.429. The molecule has 70 valence electrons. The number of aryl methyl sites for hydroxylation is 1. The standard InChI is InChI=1S/C7H8BrN3O2/c8-4-3-9-11-2-1-5(7(12)13)10-6(4)11/h3,5,10H,1-2H2,(H,12,13). The fourth-order valence-corrected chi connectivity index (χ4v) is 1.76. The van der Waals surface area contributed by atoms with Crippen LogP contribution in [0.3, 0.4) is 0 Å². The van der Waals surface area contributed by atoms with Crippen LogP contribution >= 0.6 is 15.9 Å². The quantitative estimate of drug-likeness (QED) is 0.773. The number of hydrogen-bond acceptors (Lipinski definition) is 3. The number of hydrogen-bond donors (Lipinski definition) is 2. The molecule has 1 aliphatic rings. The first-order valence-corrected chi connectivity index (χ1v) is 4.68. The van der Waals surface area contributed by atoms with Crippen LogP contribution in [0, 0.1) is 0 Å². The van der Waals surface area contributed by atoms with Crippen LogP contribution in [0.15, 0.2) is 10.7 Å². The van der Waals surface area contributed by atoms with Crippen LogP contribution in [0.2, 0.25) is 0 Å². The molecule has 0 bridgehead atoms. The number of rotatable bonds is 1. The van der Waals surface area contributed by atoms with Crippen LogP contribution in [-0.4, -0.2) is 26.9 Å². The maximum Gasteiger partial charge on any atom is 0.326 e. The minimum Gasteiger partial charge on any atom is -0.480 e. The molecule has 1 aromatic heterocycles. The van der Waals surface area contributed by atoms with Crippen molar-refractivity contribution < 1.29 is 9.90 Å². The zero-order valence-corrected chi connectivity index (χ0v) is 8.28. The number of anilines is 1. The van der Waals surface area contributed by atoms with Gasteiger partial charge in [-0.25, -0.2) is 9.48 Å². The summed E-state index contributed by atoms with van der Waals surface area (Å²) in [4.78, 5) is 10.7. The summed E-state index contributed by atoms with van der Waals surface area (Å²) in [5, 5.41) is 15.7. The number of carboxylic acid groups (broad SMARTS) is 1. The molecule has 13 heavy (non-hydrogen) atoms. The third-order valence-electron chi connectivity index (χ3n) is 2.03. The van der Waals surface area contributed by atoms with Crippen LogP contribution in [0.1, 0.15) is 6.42 Å². The summed E-state index contributed by atoms with van der Waals surface area (Å²) in [6.07, 6.45) is 2.23. The van der Waals surface area contributed by atoms with Gasteiger partial charge in [0.25, 0.3) is 0 Å². The van der Waals surface area contributed by atoms with Crippen molar-refractivity contribution in [1.82, 2.24) is 9.78 Å². The highest BCUT2D eigenvalue weighted by molar-refractivity contribution is 9.10. The molecule has 0 aromatic carbocycles. The second-order valence-corrected chi connectivity index (χ2v) is 3.74. The Hall–Kier alpha value is -1.04. The van der Waals surface area contributed by atoms with Crippen molar-refractivity contribution in [2.75, 3.05) is 5.32 Å². The molecule has 5 nitrogen and oxygen atoms in total.